The number of aliphatic hydroxyl groups is 1. The van der Waals surface area contributed by atoms with Crippen molar-refractivity contribution in [2.75, 3.05) is 27.8 Å². The van der Waals surface area contributed by atoms with Gasteiger partial charge in [-0.15, -0.1) is 6.58 Å². The van der Waals surface area contributed by atoms with E-state index in [1.54, 1.807) is 72.7 Å². The molecule has 0 spiro atoms. The van der Waals surface area contributed by atoms with Crippen LogP contribution in [0.5, 0.6) is 0 Å². The van der Waals surface area contributed by atoms with Crippen molar-refractivity contribution in [3.63, 3.8) is 0 Å². The van der Waals surface area contributed by atoms with Gasteiger partial charge in [-0.3, -0.25) is 9.59 Å². The monoisotopic (exact) mass is 789 g/mol. The molecule has 14 nitrogen and oxygen atoms in total. The quantitative estimate of drug-likeness (QED) is 0.177. The van der Waals surface area contributed by atoms with Crippen LogP contribution in [0.3, 0.4) is 0 Å². The summed E-state index contributed by atoms with van der Waals surface area (Å²) < 4.78 is 49.1. The summed E-state index contributed by atoms with van der Waals surface area (Å²) >= 11 is 0. The minimum atomic E-state index is -1.51. The number of esters is 2. The lowest BCUT2D eigenvalue weighted by Gasteiger charge is -2.48. The minimum absolute atomic E-state index is 0.0329. The van der Waals surface area contributed by atoms with Crippen molar-refractivity contribution in [2.45, 2.75) is 141 Å². The van der Waals surface area contributed by atoms with Crippen molar-refractivity contribution < 1.29 is 62.2 Å². The summed E-state index contributed by atoms with van der Waals surface area (Å²) in [7, 11) is 5.21. The number of carbonyl (C=O) groups is 4. The first kappa shape index (κ1) is 45.3. The first-order valence-electron chi connectivity index (χ1n) is 19.7. The van der Waals surface area contributed by atoms with Crippen LogP contribution in [0.25, 0.3) is 0 Å². The van der Waals surface area contributed by atoms with Crippen molar-refractivity contribution in [3.05, 3.63) is 48.6 Å². The maximum absolute atomic E-state index is 14.4. The molecule has 3 saturated heterocycles. The molecule has 0 saturated carbocycles. The minimum Gasteiger partial charge on any atom is -0.459 e. The van der Waals surface area contributed by atoms with Crippen LogP contribution in [0.1, 0.15) is 86.3 Å². The second-order valence-corrected chi connectivity index (χ2v) is 16.3. The number of rotatable bonds is 11. The van der Waals surface area contributed by atoms with E-state index in [9.17, 15) is 24.3 Å². The Morgan fingerprint density at radius 2 is 1.71 bits per heavy atom. The number of fused-ring (bicyclic) bond motifs is 1. The Morgan fingerprint density at radius 1 is 1.05 bits per heavy atom. The molecule has 3 aliphatic heterocycles. The number of nitrogens with zero attached hydrogens (tertiary/aromatic N) is 1. The molecule has 0 aromatic heterocycles. The van der Waals surface area contributed by atoms with Crippen LogP contribution < -0.4 is 0 Å². The molecule has 0 bridgehead atoms. The molecule has 14 heteroatoms. The Hall–Kier alpha value is -3.40. The largest absolute Gasteiger partial charge is 0.509 e. The number of likely N-dealkylation sites (N-methyl/N-ethyl adjacent to an activating group) is 1. The van der Waals surface area contributed by atoms with Crippen molar-refractivity contribution >= 4 is 23.9 Å². The number of ketones is 1. The molecule has 3 aliphatic rings. The zero-order chi connectivity index (χ0) is 41.7. The zero-order valence-corrected chi connectivity index (χ0v) is 34.8. The smallest absolute Gasteiger partial charge is 0.459 e. The molecule has 4 rings (SSSR count). The number of methoxy groups -OCH3 is 1. The summed E-state index contributed by atoms with van der Waals surface area (Å²) in [5.41, 5.74) is -2.31. The van der Waals surface area contributed by atoms with E-state index in [2.05, 4.69) is 6.58 Å². The predicted octanol–water partition coefficient (Wildman–Crippen LogP) is 5.19. The first-order valence-corrected chi connectivity index (χ1v) is 19.7. The van der Waals surface area contributed by atoms with Gasteiger partial charge in [0.25, 0.3) is 0 Å². The molecule has 3 heterocycles. The Balaban J connectivity index is 1.89. The Morgan fingerprint density at radius 3 is 2.30 bits per heavy atom. The normalized spacial score (nSPS) is 39.1. The maximum Gasteiger partial charge on any atom is 0.509 e. The molecule has 1 aromatic carbocycles. The van der Waals surface area contributed by atoms with Gasteiger partial charge in [-0.05, 0) is 66.6 Å². The highest BCUT2D eigenvalue weighted by molar-refractivity contribution is 5.84. The number of hydrogen-bond donors (Lipinski definition) is 1. The average molecular weight is 790 g/mol. The van der Waals surface area contributed by atoms with Gasteiger partial charge in [-0.25, -0.2) is 9.59 Å². The summed E-state index contributed by atoms with van der Waals surface area (Å²) in [6, 6.07) is 8.49. The fourth-order valence-electron chi connectivity index (χ4n) is 8.69. The molecule has 3 fully saturated rings. The van der Waals surface area contributed by atoms with E-state index in [4.69, 9.17) is 37.9 Å². The van der Waals surface area contributed by atoms with Crippen LogP contribution in [0.4, 0.5) is 4.79 Å². The lowest BCUT2D eigenvalue weighted by atomic mass is 9.74. The van der Waals surface area contributed by atoms with E-state index in [1.807, 2.05) is 32.0 Å². The van der Waals surface area contributed by atoms with Gasteiger partial charge in [0.05, 0.1) is 36.3 Å². The Labute approximate surface area is 331 Å². The fraction of sp³-hybridized carbons (Fsp3) is 0.714. The van der Waals surface area contributed by atoms with Crippen LogP contribution in [-0.4, -0.2) is 122 Å². The number of cyclic esters (lactones) is 1. The predicted molar refractivity (Wildman–Crippen MR) is 204 cm³/mol. The SMILES string of the molecule is C=CCOC(C(=O)O[C@@H]1[C@H](C)[C@@H](O[C@@H]2O[C@H](C)C[C@H](N(C)C)[C@H]2O)[C@@](C)(OC)C[C@@H](C)C(=O)[C@H](C)[C@H]2OC(=O)O[C@]2(C)[C@@H](CC)OC(=O)[C@@H]1C)c1ccccc1. The van der Waals surface area contributed by atoms with Crippen molar-refractivity contribution in [1.29, 1.82) is 0 Å². The van der Waals surface area contributed by atoms with Crippen LogP contribution >= 0.6 is 0 Å². The number of aliphatic hydroxyl groups excluding tert-OH is 1. The van der Waals surface area contributed by atoms with Crippen LogP contribution in [0.2, 0.25) is 0 Å². The van der Waals surface area contributed by atoms with Gasteiger partial charge >= 0.3 is 18.1 Å². The number of Topliss-reactive ketones (excluding diaryl/α,β-unsaturated/α-hetero) is 1. The molecular formula is C42H63NO13. The van der Waals surface area contributed by atoms with Crippen LogP contribution in [-0.2, 0) is 52.3 Å². The zero-order valence-electron chi connectivity index (χ0n) is 34.8. The summed E-state index contributed by atoms with van der Waals surface area (Å²) in [5, 5.41) is 11.6. The highest BCUT2D eigenvalue weighted by Gasteiger charge is 2.59. The van der Waals surface area contributed by atoms with Gasteiger partial charge in [-0.2, -0.15) is 0 Å². The van der Waals surface area contributed by atoms with E-state index >= 15 is 0 Å². The molecule has 314 valence electrons. The summed E-state index contributed by atoms with van der Waals surface area (Å²) in [5.74, 6) is -5.35. The number of carbonyl (C=O) groups excluding carboxylic acids is 4. The van der Waals surface area contributed by atoms with Gasteiger partial charge in [0.15, 0.2) is 24.1 Å². The molecule has 0 amide bonds. The van der Waals surface area contributed by atoms with E-state index in [1.165, 1.54) is 13.2 Å². The van der Waals surface area contributed by atoms with Crippen molar-refractivity contribution in [1.82, 2.24) is 4.90 Å². The fourth-order valence-corrected chi connectivity index (χ4v) is 8.69. The van der Waals surface area contributed by atoms with Gasteiger partial charge < -0.3 is 47.9 Å². The van der Waals surface area contributed by atoms with Crippen LogP contribution in [0, 0.1) is 23.7 Å². The van der Waals surface area contributed by atoms with Crippen molar-refractivity contribution in [3.8, 4) is 0 Å². The molecule has 1 aromatic rings. The average Bonchev–Trinajstić information content (AvgIpc) is 3.48. The molecule has 1 unspecified atom stereocenters. The maximum atomic E-state index is 14.4. The van der Waals surface area contributed by atoms with E-state index in [0.29, 0.717) is 12.0 Å². The second-order valence-electron chi connectivity index (χ2n) is 16.3. The molecule has 56 heavy (non-hydrogen) atoms. The summed E-state index contributed by atoms with van der Waals surface area (Å²) in [6.07, 6.45) is -6.81. The Bertz CT molecular complexity index is 1520. The Kier molecular flexibility index (Phi) is 15.3. The number of ether oxygens (including phenoxy) is 8. The number of benzene rings is 1. The lowest BCUT2D eigenvalue weighted by Crippen LogP contribution is -2.60. The van der Waals surface area contributed by atoms with E-state index < -0.39 is 95.9 Å². The topological polar surface area (TPSA) is 166 Å². The number of hydrogen-bond acceptors (Lipinski definition) is 14. The third-order valence-electron chi connectivity index (χ3n) is 11.9. The molecule has 1 N–H and O–H groups in total. The third-order valence-corrected chi connectivity index (χ3v) is 11.9. The molecule has 15 atom stereocenters. The van der Waals surface area contributed by atoms with E-state index in [0.717, 1.165) is 0 Å². The van der Waals surface area contributed by atoms with E-state index in [-0.39, 0.29) is 37.4 Å². The molecule has 0 aliphatic carbocycles. The lowest BCUT2D eigenvalue weighted by molar-refractivity contribution is -0.302. The summed E-state index contributed by atoms with van der Waals surface area (Å²) in [4.78, 5) is 57.7. The van der Waals surface area contributed by atoms with Crippen molar-refractivity contribution in [2.24, 2.45) is 23.7 Å². The highest BCUT2D eigenvalue weighted by Crippen LogP contribution is 2.43. The van der Waals surface area contributed by atoms with Gasteiger partial charge in [0, 0.05) is 25.0 Å². The van der Waals surface area contributed by atoms with Gasteiger partial charge in [-0.1, -0.05) is 64.1 Å². The highest BCUT2D eigenvalue weighted by atomic mass is 16.8. The van der Waals surface area contributed by atoms with Gasteiger partial charge in [0.1, 0.15) is 24.1 Å². The molecule has 0 radical (unpaired) electrons. The van der Waals surface area contributed by atoms with Gasteiger partial charge in [0.2, 0.25) is 0 Å². The molecular weight excluding hydrogens is 726 g/mol. The summed E-state index contributed by atoms with van der Waals surface area (Å²) in [6.45, 7) is 17.5. The first-order chi connectivity index (χ1) is 26.3. The standard InChI is InChI=1S/C42H63NO13/c1-13-20-50-34(28-18-16-15-17-19-28)38(47)53-33-26(6)35(54-39-32(45)29(43(10)11)21-24(4)51-39)41(8,49-12)22-23(3)31(44)25(5)36-42(9,56-40(48)55-36)30(14-2)52-37(46)27(33)7/h13,15-19,23-27,29-30,32-36,39,45H,1,14,20-22H2,2-12H3/t23-,24-,25+,26+,27-,29+,30-,32-,33-,34?,35-,36-,39+,41+,42-/m1/s1. The van der Waals surface area contributed by atoms with Crippen LogP contribution in [0.15, 0.2) is 43.0 Å². The second kappa shape index (κ2) is 18.9. The third kappa shape index (κ3) is 9.65.